The number of rotatable bonds is 7. The zero-order chi connectivity index (χ0) is 25.8. The molecule has 11 nitrogen and oxygen atoms in total. The van der Waals surface area contributed by atoms with Crippen molar-refractivity contribution >= 4 is 28.9 Å². The van der Waals surface area contributed by atoms with Crippen LogP contribution in [0.2, 0.25) is 0 Å². The molecule has 11 heteroatoms. The van der Waals surface area contributed by atoms with Crippen molar-refractivity contribution in [3.05, 3.63) is 24.3 Å². The number of amides is 3. The van der Waals surface area contributed by atoms with Crippen molar-refractivity contribution in [2.45, 2.75) is 58.2 Å². The topological polar surface area (TPSA) is 112 Å². The van der Waals surface area contributed by atoms with Crippen molar-refractivity contribution in [3.8, 4) is 0 Å². The molecule has 0 aromatic carbocycles. The lowest BCUT2D eigenvalue weighted by molar-refractivity contribution is -0.125. The number of nitrogens with zero attached hydrogens (tertiary/aromatic N) is 7. The molecule has 0 bridgehead atoms. The summed E-state index contributed by atoms with van der Waals surface area (Å²) in [4.78, 5) is 44.7. The number of fused-ring (bicyclic) bond motifs is 1. The molecule has 196 valence electrons. The van der Waals surface area contributed by atoms with Gasteiger partial charge in [0.2, 0.25) is 5.91 Å². The van der Waals surface area contributed by atoms with E-state index in [4.69, 9.17) is 0 Å². The lowest BCUT2D eigenvalue weighted by Gasteiger charge is -2.33. The highest BCUT2D eigenvalue weighted by molar-refractivity contribution is 5.88. The average Bonchev–Trinajstić information content (AvgIpc) is 3.46. The maximum atomic E-state index is 12.9. The zero-order valence-electron chi connectivity index (χ0n) is 22.1. The highest BCUT2D eigenvalue weighted by Gasteiger charge is 2.29. The quantitative estimate of drug-likeness (QED) is 0.563. The Morgan fingerprint density at radius 2 is 1.81 bits per heavy atom. The predicted molar refractivity (Wildman–Crippen MR) is 140 cm³/mol. The summed E-state index contributed by atoms with van der Waals surface area (Å²) < 4.78 is 2.06. The van der Waals surface area contributed by atoms with Gasteiger partial charge in [-0.15, -0.1) is 0 Å². The average molecular weight is 498 g/mol. The second-order valence-electron chi connectivity index (χ2n) is 10.3. The van der Waals surface area contributed by atoms with Gasteiger partial charge in [-0.25, -0.2) is 19.7 Å². The van der Waals surface area contributed by atoms with Gasteiger partial charge in [0, 0.05) is 56.9 Å². The number of carbonyl (C=O) groups excluding carboxylic acids is 2. The van der Waals surface area contributed by atoms with Gasteiger partial charge >= 0.3 is 6.03 Å². The molecule has 2 aliphatic rings. The van der Waals surface area contributed by atoms with E-state index in [0.29, 0.717) is 32.0 Å². The van der Waals surface area contributed by atoms with E-state index in [-0.39, 0.29) is 30.1 Å². The van der Waals surface area contributed by atoms with E-state index in [0.717, 1.165) is 42.8 Å². The van der Waals surface area contributed by atoms with Crippen LogP contribution in [0, 0.1) is 6.92 Å². The number of nitrogens with one attached hydrogen (secondary N) is 2. The van der Waals surface area contributed by atoms with Gasteiger partial charge in [0.1, 0.15) is 11.3 Å². The van der Waals surface area contributed by atoms with Crippen LogP contribution in [0.3, 0.4) is 0 Å². The first kappa shape index (κ1) is 25.9. The number of urea groups is 1. The fraction of sp³-hybridized carbons (Fsp3) is 0.640. The van der Waals surface area contributed by atoms with Crippen molar-refractivity contribution in [3.63, 3.8) is 0 Å². The highest BCUT2D eigenvalue weighted by atomic mass is 16.2. The molecular weight excluding hydrogens is 458 g/mol. The zero-order valence-corrected chi connectivity index (χ0v) is 22.1. The second-order valence-corrected chi connectivity index (χ2v) is 10.3. The highest BCUT2D eigenvalue weighted by Crippen LogP contribution is 2.24. The number of hydrogen-bond acceptors (Lipinski definition) is 7. The summed E-state index contributed by atoms with van der Waals surface area (Å²) in [6.07, 6.45) is 7.75. The number of carbonyl (C=O) groups is 2. The van der Waals surface area contributed by atoms with Crippen molar-refractivity contribution in [2.75, 3.05) is 52.1 Å². The lowest BCUT2D eigenvalue weighted by Crippen LogP contribution is -2.50. The summed E-state index contributed by atoms with van der Waals surface area (Å²) in [5, 5.41) is 6.68. The third-order valence-corrected chi connectivity index (χ3v) is 6.77. The van der Waals surface area contributed by atoms with Gasteiger partial charge in [-0.2, -0.15) is 0 Å². The molecule has 2 aromatic rings. The molecule has 0 radical (unpaired) electrons. The summed E-state index contributed by atoms with van der Waals surface area (Å²) in [6, 6.07) is 0.424. The molecule has 2 N–H and O–H groups in total. The minimum atomic E-state index is -0.0492. The monoisotopic (exact) mass is 497 g/mol. The van der Waals surface area contributed by atoms with Crippen molar-refractivity contribution < 1.29 is 9.59 Å². The van der Waals surface area contributed by atoms with Gasteiger partial charge < -0.3 is 29.9 Å². The Morgan fingerprint density at radius 1 is 1.11 bits per heavy atom. The molecule has 1 unspecified atom stereocenters. The van der Waals surface area contributed by atoms with Crippen LogP contribution in [0.15, 0.2) is 18.5 Å². The molecule has 1 atom stereocenters. The van der Waals surface area contributed by atoms with Crippen molar-refractivity contribution in [1.29, 1.82) is 0 Å². The van der Waals surface area contributed by atoms with E-state index in [2.05, 4.69) is 44.0 Å². The molecule has 36 heavy (non-hydrogen) atoms. The lowest BCUT2D eigenvalue weighted by atomic mass is 10.1. The first-order valence-electron chi connectivity index (χ1n) is 12.8. The summed E-state index contributed by atoms with van der Waals surface area (Å²) >= 11 is 0. The van der Waals surface area contributed by atoms with Crippen molar-refractivity contribution in [1.82, 2.24) is 39.5 Å². The third kappa shape index (κ3) is 6.13. The number of piperidine rings is 1. The Kier molecular flexibility index (Phi) is 8.07. The molecule has 4 rings (SSSR count). The summed E-state index contributed by atoms with van der Waals surface area (Å²) in [7, 11) is 3.93. The van der Waals surface area contributed by atoms with Gasteiger partial charge in [0.25, 0.3) is 0 Å². The Bertz CT molecular complexity index is 1100. The van der Waals surface area contributed by atoms with E-state index in [1.165, 1.54) is 0 Å². The van der Waals surface area contributed by atoms with Crippen LogP contribution >= 0.6 is 0 Å². The van der Waals surface area contributed by atoms with E-state index in [1.54, 1.807) is 11.0 Å². The van der Waals surface area contributed by atoms with Gasteiger partial charge in [-0.3, -0.25) is 4.79 Å². The van der Waals surface area contributed by atoms with Crippen molar-refractivity contribution in [2.24, 2.45) is 0 Å². The molecule has 0 saturated carbocycles. The Hall–Kier alpha value is -3.21. The molecule has 2 aromatic heterocycles. The SMILES string of the molecule is Cc1nc(NC2CCN(C(=O)NC3CCN(C(=O)/C=C/CN(C)C)C3)CC2)c2ncn(C(C)C)c2n1. The largest absolute Gasteiger partial charge is 0.365 e. The number of anilines is 1. The van der Waals surface area contributed by atoms with E-state index >= 15 is 0 Å². The standard InChI is InChI=1S/C25H39N9O2/c1-17(2)34-16-26-22-23(27-18(3)28-24(22)34)29-19-8-12-32(13-9-19)25(36)30-20-10-14-33(15-20)21(35)7-6-11-31(4)5/h6-7,16-17,19-20H,8-15H2,1-5H3,(H,30,36)(H,27,28,29)/b7-6+. The van der Waals surface area contributed by atoms with Gasteiger partial charge in [0.05, 0.1) is 6.33 Å². The maximum absolute atomic E-state index is 12.9. The summed E-state index contributed by atoms with van der Waals surface area (Å²) in [6.45, 7) is 9.40. The minimum absolute atomic E-state index is 0.00658. The van der Waals surface area contributed by atoms with Gasteiger partial charge in [-0.05, 0) is 54.1 Å². The second kappa shape index (κ2) is 11.2. The number of aromatic nitrogens is 4. The molecule has 2 aliphatic heterocycles. The number of imidazole rings is 1. The molecule has 2 saturated heterocycles. The van der Waals surface area contributed by atoms with Crippen LogP contribution in [-0.4, -0.2) is 105 Å². The molecule has 0 spiro atoms. The number of likely N-dealkylation sites (tertiary alicyclic amines) is 2. The Labute approximate surface area is 212 Å². The molecule has 0 aliphatic carbocycles. The van der Waals surface area contributed by atoms with E-state index < -0.39 is 0 Å². The van der Waals surface area contributed by atoms with Gasteiger partial charge in [-0.1, -0.05) is 6.08 Å². The Balaban J connectivity index is 1.26. The summed E-state index contributed by atoms with van der Waals surface area (Å²) in [5.41, 5.74) is 1.63. The predicted octanol–water partition coefficient (Wildman–Crippen LogP) is 2.02. The van der Waals surface area contributed by atoms with E-state index in [9.17, 15) is 9.59 Å². The van der Waals surface area contributed by atoms with E-state index in [1.807, 2.05) is 43.2 Å². The van der Waals surface area contributed by atoms with Gasteiger partial charge in [0.15, 0.2) is 11.5 Å². The normalized spacial score (nSPS) is 19.2. The maximum Gasteiger partial charge on any atom is 0.317 e. The smallest absolute Gasteiger partial charge is 0.317 e. The first-order chi connectivity index (χ1) is 17.2. The van der Waals surface area contributed by atoms with Crippen LogP contribution in [0.4, 0.5) is 10.6 Å². The van der Waals surface area contributed by atoms with Crippen LogP contribution in [0.5, 0.6) is 0 Å². The molecule has 4 heterocycles. The minimum Gasteiger partial charge on any atom is -0.365 e. The van der Waals surface area contributed by atoms with Crippen LogP contribution in [-0.2, 0) is 4.79 Å². The molecule has 2 fully saturated rings. The molecular formula is C25H39N9O2. The Morgan fingerprint density at radius 3 is 2.50 bits per heavy atom. The third-order valence-electron chi connectivity index (χ3n) is 6.77. The number of hydrogen-bond donors (Lipinski definition) is 2. The van der Waals surface area contributed by atoms with Crippen LogP contribution in [0.1, 0.15) is 45.0 Å². The van der Waals surface area contributed by atoms with Crippen LogP contribution < -0.4 is 10.6 Å². The fourth-order valence-corrected chi connectivity index (χ4v) is 4.74. The first-order valence-corrected chi connectivity index (χ1v) is 12.8. The summed E-state index contributed by atoms with van der Waals surface area (Å²) in [5.74, 6) is 1.48. The van der Waals surface area contributed by atoms with Crippen LogP contribution in [0.25, 0.3) is 11.2 Å². The molecule has 3 amide bonds. The number of aryl methyl sites for hydroxylation is 1. The fourth-order valence-electron chi connectivity index (χ4n) is 4.74. The number of likely N-dealkylation sites (N-methyl/N-ethyl adjacent to an activating group) is 1.